The molecule has 0 fully saturated rings. The van der Waals surface area contributed by atoms with Crippen LogP contribution in [0.25, 0.3) is 5.57 Å². The van der Waals surface area contributed by atoms with Gasteiger partial charge in [0, 0.05) is 23.4 Å². The molecule has 2 N–H and O–H groups in total. The average Bonchev–Trinajstić information content (AvgIpc) is 2.87. The van der Waals surface area contributed by atoms with Crippen LogP contribution >= 0.6 is 0 Å². The summed E-state index contributed by atoms with van der Waals surface area (Å²) in [5.41, 5.74) is 0.0332. The fourth-order valence-electron chi connectivity index (χ4n) is 4.96. The molecule has 7 nitrogen and oxygen atoms in total. The van der Waals surface area contributed by atoms with Crippen LogP contribution in [-0.4, -0.2) is 46.6 Å². The third kappa shape index (κ3) is 5.56. The lowest BCUT2D eigenvalue weighted by Gasteiger charge is -2.46. The summed E-state index contributed by atoms with van der Waals surface area (Å²) < 4.78 is 31.1. The molecule has 0 radical (unpaired) electrons. The van der Waals surface area contributed by atoms with Crippen LogP contribution in [0.15, 0.2) is 66.4 Å². The Labute approximate surface area is 221 Å². The standard InChI is InChI=1S/C30H32FNO6/c1-18-9-10-19(31)14-25(18)37-16-22-26(27(33)29(2,3)17-30(22,4)35)21-15-20(11-12-24(21)36-5)38-28(34)23-8-6-7-13-32-23/h6-15,27,33,35H,16-17H2,1-5H3. The van der Waals surface area contributed by atoms with E-state index < -0.39 is 28.9 Å². The van der Waals surface area contributed by atoms with Gasteiger partial charge in [0.1, 0.15) is 35.4 Å². The minimum absolute atomic E-state index is 0.110. The molecular weight excluding hydrogens is 489 g/mol. The van der Waals surface area contributed by atoms with Crippen LogP contribution in [0.3, 0.4) is 0 Å². The van der Waals surface area contributed by atoms with E-state index in [0.717, 1.165) is 5.56 Å². The van der Waals surface area contributed by atoms with E-state index in [9.17, 15) is 19.4 Å². The molecule has 1 aliphatic rings. The summed E-state index contributed by atoms with van der Waals surface area (Å²) >= 11 is 0. The highest BCUT2D eigenvalue weighted by Gasteiger charge is 2.47. The molecule has 0 spiro atoms. The Bertz CT molecular complexity index is 1370. The van der Waals surface area contributed by atoms with E-state index in [1.807, 2.05) is 13.8 Å². The van der Waals surface area contributed by atoms with E-state index in [-0.39, 0.29) is 24.5 Å². The molecule has 200 valence electrons. The maximum Gasteiger partial charge on any atom is 0.362 e. The Kier molecular flexibility index (Phi) is 7.58. The van der Waals surface area contributed by atoms with Gasteiger partial charge in [-0.05, 0) is 73.2 Å². The summed E-state index contributed by atoms with van der Waals surface area (Å²) in [6.07, 6.45) is 0.726. The van der Waals surface area contributed by atoms with Crippen molar-refractivity contribution in [3.8, 4) is 17.2 Å². The van der Waals surface area contributed by atoms with Crippen LogP contribution < -0.4 is 14.2 Å². The van der Waals surface area contributed by atoms with Crippen molar-refractivity contribution in [2.24, 2.45) is 5.41 Å². The van der Waals surface area contributed by atoms with Crippen LogP contribution in [-0.2, 0) is 0 Å². The van der Waals surface area contributed by atoms with Gasteiger partial charge in [-0.3, -0.25) is 0 Å². The molecule has 0 saturated carbocycles. The number of rotatable bonds is 7. The van der Waals surface area contributed by atoms with Gasteiger partial charge < -0.3 is 24.4 Å². The maximum absolute atomic E-state index is 13.9. The first-order valence-electron chi connectivity index (χ1n) is 12.3. The van der Waals surface area contributed by atoms with E-state index in [4.69, 9.17) is 14.2 Å². The van der Waals surface area contributed by atoms with Gasteiger partial charge in [0.25, 0.3) is 0 Å². The first-order valence-corrected chi connectivity index (χ1v) is 12.3. The van der Waals surface area contributed by atoms with Gasteiger partial charge in [-0.2, -0.15) is 0 Å². The van der Waals surface area contributed by atoms with Gasteiger partial charge in [-0.15, -0.1) is 0 Å². The minimum atomic E-state index is -1.37. The van der Waals surface area contributed by atoms with Crippen LogP contribution in [0.2, 0.25) is 0 Å². The number of ether oxygens (including phenoxy) is 3. The van der Waals surface area contributed by atoms with Crippen LogP contribution in [0.1, 0.15) is 48.8 Å². The maximum atomic E-state index is 13.9. The van der Waals surface area contributed by atoms with E-state index in [2.05, 4.69) is 4.98 Å². The van der Waals surface area contributed by atoms with Crippen molar-refractivity contribution >= 4 is 11.5 Å². The van der Waals surface area contributed by atoms with Crippen LogP contribution in [0, 0.1) is 18.2 Å². The first-order chi connectivity index (χ1) is 17.9. The van der Waals surface area contributed by atoms with Gasteiger partial charge in [0.2, 0.25) is 0 Å². The second-order valence-electron chi connectivity index (χ2n) is 10.4. The van der Waals surface area contributed by atoms with Crippen molar-refractivity contribution in [2.75, 3.05) is 13.7 Å². The zero-order valence-electron chi connectivity index (χ0n) is 22.1. The monoisotopic (exact) mass is 521 g/mol. The number of methoxy groups -OCH3 is 1. The molecule has 1 heterocycles. The highest BCUT2D eigenvalue weighted by Crippen LogP contribution is 2.50. The summed E-state index contributed by atoms with van der Waals surface area (Å²) in [5.74, 6) is -0.139. The van der Waals surface area contributed by atoms with E-state index in [1.54, 1.807) is 56.3 Å². The van der Waals surface area contributed by atoms with Gasteiger partial charge in [-0.25, -0.2) is 14.2 Å². The number of aliphatic hydroxyl groups is 2. The van der Waals surface area contributed by atoms with E-state index in [1.165, 1.54) is 25.4 Å². The molecule has 2 unspecified atom stereocenters. The Hall–Kier alpha value is -3.75. The van der Waals surface area contributed by atoms with E-state index >= 15 is 0 Å². The lowest BCUT2D eigenvalue weighted by Crippen LogP contribution is -2.47. The molecule has 0 bridgehead atoms. The zero-order chi connectivity index (χ0) is 27.7. The van der Waals surface area contributed by atoms with Crippen LogP contribution in [0.4, 0.5) is 4.39 Å². The fraction of sp³-hybridized carbons (Fsp3) is 0.333. The highest BCUT2D eigenvalue weighted by atomic mass is 19.1. The van der Waals surface area contributed by atoms with E-state index in [0.29, 0.717) is 28.2 Å². The summed E-state index contributed by atoms with van der Waals surface area (Å²) in [4.78, 5) is 16.7. The molecule has 2 aromatic carbocycles. The largest absolute Gasteiger partial charge is 0.496 e. The Morgan fingerprint density at radius 3 is 2.55 bits per heavy atom. The third-order valence-electron chi connectivity index (χ3n) is 6.86. The van der Waals surface area contributed by atoms with Crippen molar-refractivity contribution in [3.05, 3.63) is 89.0 Å². The predicted octanol–water partition coefficient (Wildman–Crippen LogP) is 5.13. The number of benzene rings is 2. The second kappa shape index (κ2) is 10.6. The summed E-state index contributed by atoms with van der Waals surface area (Å²) in [6, 6.07) is 14.0. The lowest BCUT2D eigenvalue weighted by molar-refractivity contribution is -0.0159. The molecule has 8 heteroatoms. The number of hydrogen-bond acceptors (Lipinski definition) is 7. The number of hydrogen-bond donors (Lipinski definition) is 2. The number of aromatic nitrogens is 1. The molecule has 2 atom stereocenters. The van der Waals surface area contributed by atoms with Crippen molar-refractivity contribution in [3.63, 3.8) is 0 Å². The minimum Gasteiger partial charge on any atom is -0.496 e. The van der Waals surface area contributed by atoms with Crippen molar-refractivity contribution in [2.45, 2.75) is 45.8 Å². The topological polar surface area (TPSA) is 98.1 Å². The SMILES string of the molecule is COc1ccc(OC(=O)c2ccccn2)cc1C1=C(COc2cc(F)ccc2C)C(C)(O)CC(C)(C)C1O. The number of carbonyl (C=O) groups excluding carboxylic acids is 1. The summed E-state index contributed by atoms with van der Waals surface area (Å²) in [6.45, 7) is 7.06. The third-order valence-corrected chi connectivity index (χ3v) is 6.86. The predicted molar refractivity (Wildman–Crippen MR) is 141 cm³/mol. The van der Waals surface area contributed by atoms with Gasteiger partial charge in [-0.1, -0.05) is 26.0 Å². The normalized spacial score (nSPS) is 20.7. The van der Waals surface area contributed by atoms with Crippen molar-refractivity contribution in [1.29, 1.82) is 0 Å². The first kappa shape index (κ1) is 27.3. The Morgan fingerprint density at radius 1 is 1.11 bits per heavy atom. The summed E-state index contributed by atoms with van der Waals surface area (Å²) in [7, 11) is 1.49. The average molecular weight is 522 g/mol. The molecule has 0 saturated heterocycles. The molecular formula is C30H32FNO6. The molecule has 4 rings (SSSR count). The Morgan fingerprint density at radius 2 is 1.87 bits per heavy atom. The fourth-order valence-corrected chi connectivity index (χ4v) is 4.96. The zero-order valence-corrected chi connectivity index (χ0v) is 22.1. The number of aryl methyl sites for hydroxylation is 1. The number of pyridine rings is 1. The van der Waals surface area contributed by atoms with Crippen LogP contribution in [0.5, 0.6) is 17.2 Å². The molecule has 0 aliphatic heterocycles. The van der Waals surface area contributed by atoms with Crippen molar-refractivity contribution < 1.29 is 33.6 Å². The second-order valence-corrected chi connectivity index (χ2v) is 10.4. The van der Waals surface area contributed by atoms with Gasteiger partial charge in [0.15, 0.2) is 0 Å². The molecule has 1 aliphatic carbocycles. The number of esters is 1. The number of carbonyl (C=O) groups is 1. The molecule has 0 amide bonds. The number of aliphatic hydroxyl groups excluding tert-OH is 1. The number of nitrogens with zero attached hydrogens (tertiary/aromatic N) is 1. The lowest BCUT2D eigenvalue weighted by atomic mass is 9.64. The van der Waals surface area contributed by atoms with Gasteiger partial charge in [0.05, 0.1) is 18.8 Å². The molecule has 3 aromatic rings. The molecule has 38 heavy (non-hydrogen) atoms. The quantitative estimate of drug-likeness (QED) is 0.329. The molecule has 1 aromatic heterocycles. The number of halogens is 1. The Balaban J connectivity index is 1.81. The van der Waals surface area contributed by atoms with Crippen molar-refractivity contribution in [1.82, 2.24) is 4.98 Å². The summed E-state index contributed by atoms with van der Waals surface area (Å²) in [5, 5.41) is 23.2. The van der Waals surface area contributed by atoms with Gasteiger partial charge >= 0.3 is 5.97 Å². The smallest absolute Gasteiger partial charge is 0.362 e. The highest BCUT2D eigenvalue weighted by molar-refractivity contribution is 5.89.